The summed E-state index contributed by atoms with van der Waals surface area (Å²) in [5.74, 6) is 1.30. The van der Waals surface area contributed by atoms with Gasteiger partial charge in [0.1, 0.15) is 0 Å². The van der Waals surface area contributed by atoms with Crippen LogP contribution in [0.15, 0.2) is 0 Å². The van der Waals surface area contributed by atoms with Crippen LogP contribution in [0.1, 0.15) is 32.1 Å². The highest BCUT2D eigenvalue weighted by Gasteiger charge is 2.52. The molecule has 0 amide bonds. The van der Waals surface area contributed by atoms with Gasteiger partial charge in [0.25, 0.3) is 0 Å². The van der Waals surface area contributed by atoms with Gasteiger partial charge in [0.15, 0.2) is 0 Å². The Bertz CT molecular complexity index is 268. The maximum atomic E-state index is 10.9. The van der Waals surface area contributed by atoms with Crippen LogP contribution in [0.5, 0.6) is 0 Å². The summed E-state index contributed by atoms with van der Waals surface area (Å²) in [5, 5.41) is -0.0773. The van der Waals surface area contributed by atoms with Crippen molar-refractivity contribution in [3.63, 3.8) is 0 Å². The highest BCUT2D eigenvalue weighted by atomic mass is 32.2. The van der Waals surface area contributed by atoms with E-state index in [1.54, 1.807) is 0 Å². The molecule has 2 saturated carbocycles. The third-order valence-corrected chi connectivity index (χ3v) is 5.10. The largest absolute Gasteiger partial charge is 0.772 e. The van der Waals surface area contributed by atoms with Gasteiger partial charge in [0.2, 0.25) is 0 Å². The van der Waals surface area contributed by atoms with Gasteiger partial charge in [-0.25, -0.2) is 0 Å². The lowest BCUT2D eigenvalue weighted by atomic mass is 9.71. The van der Waals surface area contributed by atoms with Gasteiger partial charge < -0.3 is 9.29 Å². The van der Waals surface area contributed by atoms with E-state index < -0.39 is 11.1 Å². The Kier molecular flexibility index (Phi) is 2.18. The molecule has 4 heteroatoms. The highest BCUT2D eigenvalue weighted by Crippen LogP contribution is 2.50. The summed E-state index contributed by atoms with van der Waals surface area (Å²) < 4.78 is 27.4. The molecule has 3 fully saturated rings. The van der Waals surface area contributed by atoms with Crippen LogP contribution in [-0.4, -0.2) is 26.2 Å². The van der Waals surface area contributed by atoms with Crippen molar-refractivity contribution in [2.45, 2.75) is 49.6 Å². The zero-order valence-corrected chi connectivity index (χ0v) is 8.87. The Hall–Kier alpha value is 0.0700. The average Bonchev–Trinajstić information content (AvgIpc) is 2.95. The molecule has 1 heterocycles. The summed E-state index contributed by atoms with van der Waals surface area (Å²) in [7, 11) is 0. The predicted molar refractivity (Wildman–Crippen MR) is 51.4 cm³/mol. The first-order chi connectivity index (χ1) is 6.75. The van der Waals surface area contributed by atoms with Crippen LogP contribution in [0.25, 0.3) is 0 Å². The number of ether oxygens (including phenoxy) is 1. The minimum atomic E-state index is -1.86. The molecule has 0 aromatic carbocycles. The maximum Gasteiger partial charge on any atom is 0.0872 e. The Morgan fingerprint density at radius 2 is 2.07 bits per heavy atom. The first-order valence-corrected chi connectivity index (χ1v) is 6.63. The van der Waals surface area contributed by atoms with E-state index in [-0.39, 0.29) is 5.25 Å². The Morgan fingerprint density at radius 3 is 2.86 bits per heavy atom. The number of epoxide rings is 1. The zero-order valence-electron chi connectivity index (χ0n) is 8.06. The van der Waals surface area contributed by atoms with Crippen LogP contribution in [0.3, 0.4) is 0 Å². The van der Waals surface area contributed by atoms with Crippen molar-refractivity contribution >= 4 is 11.1 Å². The molecule has 0 aromatic rings. The lowest BCUT2D eigenvalue weighted by Gasteiger charge is -2.38. The smallest absolute Gasteiger partial charge is 0.0872 e. The molecule has 3 aliphatic rings. The normalized spacial score (nSPS) is 53.1. The minimum Gasteiger partial charge on any atom is -0.772 e. The average molecular weight is 215 g/mol. The summed E-state index contributed by atoms with van der Waals surface area (Å²) in [4.78, 5) is 0. The monoisotopic (exact) mass is 215 g/mol. The van der Waals surface area contributed by atoms with Gasteiger partial charge in [-0.1, -0.05) is 11.1 Å². The van der Waals surface area contributed by atoms with Gasteiger partial charge in [-0.2, -0.15) is 0 Å². The van der Waals surface area contributed by atoms with Crippen molar-refractivity contribution in [3.05, 3.63) is 0 Å². The first-order valence-electron chi connectivity index (χ1n) is 5.49. The van der Waals surface area contributed by atoms with Crippen molar-refractivity contribution in [1.29, 1.82) is 0 Å². The molecule has 0 bridgehead atoms. The van der Waals surface area contributed by atoms with E-state index in [4.69, 9.17) is 4.74 Å². The fourth-order valence-electron chi connectivity index (χ4n) is 3.33. The van der Waals surface area contributed by atoms with Gasteiger partial charge in [-0.3, -0.25) is 4.21 Å². The molecular formula is C10H15O3S-. The van der Waals surface area contributed by atoms with Gasteiger partial charge in [0.05, 0.1) is 12.2 Å². The molecule has 1 saturated heterocycles. The summed E-state index contributed by atoms with van der Waals surface area (Å²) in [5.41, 5.74) is 0. The fraction of sp³-hybridized carbons (Fsp3) is 1.00. The molecule has 6 atom stereocenters. The fourth-order valence-corrected chi connectivity index (χ4v) is 4.06. The van der Waals surface area contributed by atoms with Crippen molar-refractivity contribution in [2.24, 2.45) is 11.8 Å². The minimum absolute atomic E-state index is 0.0773. The van der Waals surface area contributed by atoms with Crippen LogP contribution in [0.4, 0.5) is 0 Å². The third kappa shape index (κ3) is 1.44. The van der Waals surface area contributed by atoms with Gasteiger partial charge in [-0.05, 0) is 43.9 Å². The van der Waals surface area contributed by atoms with E-state index in [1.807, 2.05) is 0 Å². The summed E-state index contributed by atoms with van der Waals surface area (Å²) >= 11 is -1.86. The number of fused-ring (bicyclic) bond motifs is 3. The summed E-state index contributed by atoms with van der Waals surface area (Å²) in [6.07, 6.45) is 6.16. The molecule has 6 unspecified atom stereocenters. The Balaban J connectivity index is 1.69. The van der Waals surface area contributed by atoms with Crippen LogP contribution in [0, 0.1) is 11.8 Å². The van der Waals surface area contributed by atoms with Gasteiger partial charge >= 0.3 is 0 Å². The van der Waals surface area contributed by atoms with Crippen molar-refractivity contribution < 1.29 is 13.5 Å². The van der Waals surface area contributed by atoms with E-state index in [0.29, 0.717) is 24.0 Å². The van der Waals surface area contributed by atoms with Crippen molar-refractivity contribution in [3.8, 4) is 0 Å². The van der Waals surface area contributed by atoms with Crippen molar-refractivity contribution in [1.82, 2.24) is 0 Å². The molecular weight excluding hydrogens is 200 g/mol. The van der Waals surface area contributed by atoms with Crippen LogP contribution in [-0.2, 0) is 15.8 Å². The Labute approximate surface area is 86.5 Å². The zero-order chi connectivity index (χ0) is 9.71. The Morgan fingerprint density at radius 1 is 1.21 bits per heavy atom. The second kappa shape index (κ2) is 3.29. The van der Waals surface area contributed by atoms with Crippen LogP contribution in [0.2, 0.25) is 0 Å². The molecule has 2 aliphatic carbocycles. The molecule has 3 nitrogen and oxygen atoms in total. The maximum absolute atomic E-state index is 10.9. The predicted octanol–water partition coefficient (Wildman–Crippen LogP) is 1.21. The van der Waals surface area contributed by atoms with E-state index >= 15 is 0 Å². The highest BCUT2D eigenvalue weighted by molar-refractivity contribution is 7.79. The quantitative estimate of drug-likeness (QED) is 0.488. The van der Waals surface area contributed by atoms with E-state index in [1.165, 1.54) is 6.42 Å². The summed E-state index contributed by atoms with van der Waals surface area (Å²) in [6, 6.07) is 0. The van der Waals surface area contributed by atoms with Crippen molar-refractivity contribution in [2.75, 3.05) is 0 Å². The topological polar surface area (TPSA) is 52.7 Å². The van der Waals surface area contributed by atoms with Gasteiger partial charge in [-0.15, -0.1) is 0 Å². The SMILES string of the molecule is O=S([O-])C1CCC2C(CCC3OC32)C1. The second-order valence-corrected chi connectivity index (χ2v) is 6.02. The van der Waals surface area contributed by atoms with E-state index in [9.17, 15) is 8.76 Å². The molecule has 0 spiro atoms. The first kappa shape index (κ1) is 9.31. The van der Waals surface area contributed by atoms with Crippen LogP contribution < -0.4 is 0 Å². The molecule has 1 aliphatic heterocycles. The molecule has 0 N–H and O–H groups in total. The third-order valence-electron chi connectivity index (χ3n) is 4.13. The number of hydrogen-bond donors (Lipinski definition) is 0. The van der Waals surface area contributed by atoms with Crippen LogP contribution >= 0.6 is 0 Å². The molecule has 3 rings (SSSR count). The lowest BCUT2D eigenvalue weighted by Crippen LogP contribution is -2.36. The van der Waals surface area contributed by atoms with E-state index in [0.717, 1.165) is 25.7 Å². The van der Waals surface area contributed by atoms with E-state index in [2.05, 4.69) is 0 Å². The number of rotatable bonds is 1. The molecule has 0 radical (unpaired) electrons. The molecule has 0 aromatic heterocycles. The number of hydrogen-bond acceptors (Lipinski definition) is 3. The molecule has 80 valence electrons. The lowest BCUT2D eigenvalue weighted by molar-refractivity contribution is 0.178. The second-order valence-electron chi connectivity index (χ2n) is 4.84. The molecule has 14 heavy (non-hydrogen) atoms. The summed E-state index contributed by atoms with van der Waals surface area (Å²) in [6.45, 7) is 0. The van der Waals surface area contributed by atoms with Gasteiger partial charge in [0, 0.05) is 5.25 Å². The standard InChI is InChI=1S/C10H16O3S/c11-14(12)7-2-3-8-6(5-7)1-4-9-10(8)13-9/h6-10H,1-5H2,(H,11,12)/p-1.